The van der Waals surface area contributed by atoms with E-state index in [9.17, 15) is 26.4 Å². The SMILES string of the molecule is COc1ccc(N(C)S(C)(=O)=O)cc1C(=O)Nc1ccccc1C(F)(F)F. The van der Waals surface area contributed by atoms with Gasteiger partial charge in [0.25, 0.3) is 5.91 Å². The molecule has 0 aromatic heterocycles. The highest BCUT2D eigenvalue weighted by atomic mass is 32.2. The number of hydrogen-bond donors (Lipinski definition) is 1. The molecule has 0 bridgehead atoms. The quantitative estimate of drug-likeness (QED) is 0.832. The number of alkyl halides is 3. The number of amides is 1. The summed E-state index contributed by atoms with van der Waals surface area (Å²) >= 11 is 0. The summed E-state index contributed by atoms with van der Waals surface area (Å²) in [6.07, 6.45) is -3.66. The van der Waals surface area contributed by atoms with Crippen molar-refractivity contribution in [3.63, 3.8) is 0 Å². The van der Waals surface area contributed by atoms with Crippen molar-refractivity contribution in [3.05, 3.63) is 53.6 Å². The number of nitrogens with zero attached hydrogens (tertiary/aromatic N) is 1. The van der Waals surface area contributed by atoms with Gasteiger partial charge in [0, 0.05) is 7.05 Å². The fraction of sp³-hybridized carbons (Fsp3) is 0.235. The van der Waals surface area contributed by atoms with E-state index in [1.807, 2.05) is 0 Å². The molecule has 6 nitrogen and oxygen atoms in total. The third-order valence-corrected chi connectivity index (χ3v) is 4.98. The largest absolute Gasteiger partial charge is 0.496 e. The Kier molecular flexibility index (Phi) is 5.69. The van der Waals surface area contributed by atoms with Gasteiger partial charge in [-0.2, -0.15) is 13.2 Å². The van der Waals surface area contributed by atoms with E-state index < -0.39 is 33.4 Å². The van der Waals surface area contributed by atoms with Crippen LogP contribution < -0.4 is 14.4 Å². The van der Waals surface area contributed by atoms with E-state index in [-0.39, 0.29) is 17.0 Å². The van der Waals surface area contributed by atoms with Crippen LogP contribution in [0.2, 0.25) is 0 Å². The molecule has 0 saturated carbocycles. The molecule has 2 aromatic rings. The lowest BCUT2D eigenvalue weighted by Crippen LogP contribution is -2.25. The van der Waals surface area contributed by atoms with Crippen LogP contribution in [0, 0.1) is 0 Å². The zero-order chi connectivity index (χ0) is 20.4. The van der Waals surface area contributed by atoms with E-state index in [1.165, 1.54) is 44.5 Å². The molecule has 0 aliphatic heterocycles. The van der Waals surface area contributed by atoms with Gasteiger partial charge in [-0.05, 0) is 30.3 Å². The van der Waals surface area contributed by atoms with Gasteiger partial charge in [-0.15, -0.1) is 0 Å². The van der Waals surface area contributed by atoms with Crippen LogP contribution in [0.5, 0.6) is 5.75 Å². The Labute approximate surface area is 154 Å². The van der Waals surface area contributed by atoms with E-state index in [1.54, 1.807) is 0 Å². The lowest BCUT2D eigenvalue weighted by molar-refractivity contribution is -0.136. The van der Waals surface area contributed by atoms with Crippen molar-refractivity contribution in [1.29, 1.82) is 0 Å². The highest BCUT2D eigenvalue weighted by Gasteiger charge is 2.33. The van der Waals surface area contributed by atoms with Gasteiger partial charge < -0.3 is 10.1 Å². The van der Waals surface area contributed by atoms with Gasteiger partial charge in [-0.3, -0.25) is 9.10 Å². The van der Waals surface area contributed by atoms with Gasteiger partial charge >= 0.3 is 6.18 Å². The smallest absolute Gasteiger partial charge is 0.418 e. The highest BCUT2D eigenvalue weighted by molar-refractivity contribution is 7.92. The Morgan fingerprint density at radius 3 is 2.33 bits per heavy atom. The Morgan fingerprint density at radius 2 is 1.78 bits per heavy atom. The van der Waals surface area contributed by atoms with Gasteiger partial charge in [-0.25, -0.2) is 8.42 Å². The van der Waals surface area contributed by atoms with Crippen LogP contribution in [0.1, 0.15) is 15.9 Å². The zero-order valence-electron chi connectivity index (χ0n) is 14.7. The number of halogens is 3. The molecule has 0 aliphatic rings. The summed E-state index contributed by atoms with van der Waals surface area (Å²) in [5, 5.41) is 2.21. The molecule has 0 saturated heterocycles. The number of rotatable bonds is 5. The number of carbonyl (C=O) groups is 1. The lowest BCUT2D eigenvalue weighted by atomic mass is 10.1. The molecule has 0 unspecified atom stereocenters. The van der Waals surface area contributed by atoms with Crippen molar-refractivity contribution in [2.75, 3.05) is 30.0 Å². The molecule has 2 rings (SSSR count). The number of carbonyl (C=O) groups excluding carboxylic acids is 1. The summed E-state index contributed by atoms with van der Waals surface area (Å²) < 4.78 is 68.7. The van der Waals surface area contributed by atoms with Crippen molar-refractivity contribution < 1.29 is 31.1 Å². The van der Waals surface area contributed by atoms with Crippen molar-refractivity contribution in [3.8, 4) is 5.75 Å². The van der Waals surface area contributed by atoms with E-state index in [0.29, 0.717) is 0 Å². The molecule has 0 fully saturated rings. The first-order valence-electron chi connectivity index (χ1n) is 7.54. The second kappa shape index (κ2) is 7.47. The monoisotopic (exact) mass is 402 g/mol. The molecule has 146 valence electrons. The number of benzene rings is 2. The summed E-state index contributed by atoms with van der Waals surface area (Å²) in [5.41, 5.74) is -1.37. The molecule has 1 amide bonds. The molecule has 1 N–H and O–H groups in total. The van der Waals surface area contributed by atoms with Crippen LogP contribution in [0.25, 0.3) is 0 Å². The number of para-hydroxylation sites is 1. The number of hydrogen-bond acceptors (Lipinski definition) is 4. The average molecular weight is 402 g/mol. The van der Waals surface area contributed by atoms with Crippen molar-refractivity contribution in [1.82, 2.24) is 0 Å². The van der Waals surface area contributed by atoms with E-state index in [2.05, 4.69) is 5.32 Å². The molecule has 27 heavy (non-hydrogen) atoms. The number of nitrogens with one attached hydrogen (secondary N) is 1. The third kappa shape index (κ3) is 4.70. The standard InChI is InChI=1S/C17H17F3N2O4S/c1-22(27(3,24)25)11-8-9-15(26-2)12(10-11)16(23)21-14-7-5-4-6-13(14)17(18,19)20/h4-10H,1-3H3,(H,21,23). The maximum Gasteiger partial charge on any atom is 0.418 e. The van der Waals surface area contributed by atoms with Crippen LogP contribution in [0.15, 0.2) is 42.5 Å². The van der Waals surface area contributed by atoms with Gasteiger partial charge in [0.05, 0.1) is 35.9 Å². The summed E-state index contributed by atoms with van der Waals surface area (Å²) in [5.74, 6) is -0.782. The minimum atomic E-state index is -4.65. The van der Waals surface area contributed by atoms with Crippen LogP contribution in [0.3, 0.4) is 0 Å². The fourth-order valence-electron chi connectivity index (χ4n) is 2.29. The summed E-state index contributed by atoms with van der Waals surface area (Å²) in [6.45, 7) is 0. The van der Waals surface area contributed by atoms with Gasteiger partial charge in [0.2, 0.25) is 10.0 Å². The third-order valence-electron chi connectivity index (χ3n) is 3.77. The lowest BCUT2D eigenvalue weighted by Gasteiger charge is -2.19. The normalized spacial score (nSPS) is 11.8. The number of sulfonamides is 1. The minimum Gasteiger partial charge on any atom is -0.496 e. The Morgan fingerprint density at radius 1 is 1.15 bits per heavy atom. The first-order valence-corrected chi connectivity index (χ1v) is 9.39. The number of ether oxygens (including phenoxy) is 1. The topological polar surface area (TPSA) is 75.7 Å². The molecule has 0 radical (unpaired) electrons. The maximum absolute atomic E-state index is 13.1. The van der Waals surface area contributed by atoms with Gasteiger partial charge in [0.1, 0.15) is 5.75 Å². The summed E-state index contributed by atoms with van der Waals surface area (Å²) in [6, 6.07) is 8.55. The average Bonchev–Trinajstić information content (AvgIpc) is 2.59. The van der Waals surface area contributed by atoms with Gasteiger partial charge in [0.15, 0.2) is 0 Å². The van der Waals surface area contributed by atoms with E-state index in [4.69, 9.17) is 4.74 Å². The first kappa shape index (κ1) is 20.6. The number of methoxy groups -OCH3 is 1. The molecular weight excluding hydrogens is 385 g/mol. The first-order chi connectivity index (χ1) is 12.4. The van der Waals surface area contributed by atoms with Crippen LogP contribution in [0.4, 0.5) is 24.5 Å². The zero-order valence-corrected chi connectivity index (χ0v) is 15.5. The molecule has 0 spiro atoms. The fourth-order valence-corrected chi connectivity index (χ4v) is 2.79. The minimum absolute atomic E-state index is 0.0858. The van der Waals surface area contributed by atoms with Crippen LogP contribution >= 0.6 is 0 Å². The Bertz CT molecular complexity index is 959. The predicted octanol–water partition coefficient (Wildman–Crippen LogP) is 3.36. The molecule has 0 atom stereocenters. The summed E-state index contributed by atoms with van der Waals surface area (Å²) in [4.78, 5) is 12.6. The molecular formula is C17H17F3N2O4S. The predicted molar refractivity (Wildman–Crippen MR) is 95.6 cm³/mol. The molecule has 0 heterocycles. The Hall–Kier alpha value is -2.75. The molecule has 2 aromatic carbocycles. The second-order valence-corrected chi connectivity index (χ2v) is 7.63. The van der Waals surface area contributed by atoms with Crippen LogP contribution in [-0.4, -0.2) is 34.7 Å². The highest BCUT2D eigenvalue weighted by Crippen LogP contribution is 2.35. The summed E-state index contributed by atoms with van der Waals surface area (Å²) in [7, 11) is -1.01. The van der Waals surface area contributed by atoms with Crippen LogP contribution in [-0.2, 0) is 16.2 Å². The molecule has 0 aliphatic carbocycles. The van der Waals surface area contributed by atoms with E-state index >= 15 is 0 Å². The Balaban J connectivity index is 2.45. The number of anilines is 2. The van der Waals surface area contributed by atoms with E-state index in [0.717, 1.165) is 22.7 Å². The maximum atomic E-state index is 13.1. The van der Waals surface area contributed by atoms with Crippen molar-refractivity contribution in [2.24, 2.45) is 0 Å². The van der Waals surface area contributed by atoms with Crippen molar-refractivity contribution in [2.45, 2.75) is 6.18 Å². The second-order valence-electron chi connectivity index (χ2n) is 5.61. The molecule has 10 heteroatoms. The van der Waals surface area contributed by atoms with Gasteiger partial charge in [-0.1, -0.05) is 12.1 Å². The van der Waals surface area contributed by atoms with Crippen molar-refractivity contribution >= 4 is 27.3 Å².